The van der Waals surface area contributed by atoms with Gasteiger partial charge in [0.1, 0.15) is 22.9 Å². The van der Waals surface area contributed by atoms with E-state index in [9.17, 15) is 31.0 Å². The number of para-hydroxylation sites is 1. The number of rotatable bonds is 10. The van der Waals surface area contributed by atoms with Crippen LogP contribution in [0.5, 0.6) is 5.75 Å². The molecule has 1 aromatic heterocycles. The molecular weight excluding hydrogens is 746 g/mol. The van der Waals surface area contributed by atoms with Crippen LogP contribution in [-0.4, -0.2) is 63.9 Å². The van der Waals surface area contributed by atoms with Crippen LogP contribution in [0.3, 0.4) is 0 Å². The molecule has 4 aromatic carbocycles. The summed E-state index contributed by atoms with van der Waals surface area (Å²) in [4.78, 5) is 15.5. The number of phenolic OH excluding ortho intramolecular Hbond substituents is 1. The summed E-state index contributed by atoms with van der Waals surface area (Å²) in [5, 5.41) is 33.8. The van der Waals surface area contributed by atoms with Gasteiger partial charge in [-0.25, -0.2) is 4.89 Å². The summed E-state index contributed by atoms with van der Waals surface area (Å²) in [5.74, 6) is -0.781. The molecule has 0 atom stereocenters. The van der Waals surface area contributed by atoms with Crippen LogP contribution in [0.25, 0.3) is 10.8 Å². The average Bonchev–Trinajstić information content (AvgIpc) is 3.00. The molecule has 50 heavy (non-hydrogen) atoms. The Morgan fingerprint density at radius 3 is 2.06 bits per heavy atom. The topological polar surface area (TPSA) is 297 Å². The zero-order valence-electron chi connectivity index (χ0n) is 25.0. The second-order valence-corrected chi connectivity index (χ2v) is 13.3. The largest absolute Gasteiger partial charge is 0.505 e. The highest BCUT2D eigenvalue weighted by Crippen LogP contribution is 2.44. The summed E-state index contributed by atoms with van der Waals surface area (Å²) >= 11 is 6.15. The standard InChI is InChI=1S/C27H22ClN7O9S2.O3S/c1-14-10-16-11-17(45(38,39)40)12-20(22(16)24(36)23(14)35-34-19-8-4-5-9-21(19)46(41,42)43)30-27-32-25(28)31-26(33-27)29-18-7-3-2-6-15(18)13-44-37;1-4(2)3/h2-12,36-37H,13H2,1H3,(H,38,39,40)(H,41,42,43)(H2,29,30,31,32,33);. The lowest BCUT2D eigenvalue weighted by molar-refractivity contribution is -0.252. The molecule has 0 radical (unpaired) electrons. The molecule has 19 nitrogen and oxygen atoms in total. The molecule has 0 saturated carbocycles. The minimum atomic E-state index is -4.75. The number of benzene rings is 4. The third-order valence-electron chi connectivity index (χ3n) is 6.39. The average molecular weight is 768 g/mol. The lowest BCUT2D eigenvalue weighted by atomic mass is 10.0. The number of phenols is 1. The fourth-order valence-electron chi connectivity index (χ4n) is 4.40. The number of hydrogen-bond acceptors (Lipinski definition) is 17. The Bertz CT molecular complexity index is 2460. The van der Waals surface area contributed by atoms with E-state index in [2.05, 4.69) is 40.7 Å². The molecule has 0 amide bonds. The van der Waals surface area contributed by atoms with Gasteiger partial charge in [0.2, 0.25) is 17.2 Å². The van der Waals surface area contributed by atoms with E-state index in [0.717, 1.165) is 18.2 Å². The van der Waals surface area contributed by atoms with Crippen molar-refractivity contribution in [3.8, 4) is 5.75 Å². The first kappa shape index (κ1) is 37.6. The van der Waals surface area contributed by atoms with Crippen molar-refractivity contribution in [3.05, 3.63) is 83.1 Å². The maximum absolute atomic E-state index is 12.1. The minimum Gasteiger partial charge on any atom is -0.505 e. The number of fused-ring (bicyclic) bond motifs is 1. The smallest absolute Gasteiger partial charge is 0.425 e. The Balaban J connectivity index is 0.00000133. The Kier molecular flexibility index (Phi) is 11.7. The highest BCUT2D eigenvalue weighted by molar-refractivity contribution is 7.86. The van der Waals surface area contributed by atoms with Gasteiger partial charge in [-0.1, -0.05) is 30.3 Å². The number of nitrogens with zero attached hydrogens (tertiary/aromatic N) is 5. The number of hydrogen-bond donors (Lipinski definition) is 6. The van der Waals surface area contributed by atoms with E-state index in [4.69, 9.17) is 29.5 Å². The zero-order valence-corrected chi connectivity index (χ0v) is 28.2. The first-order valence-corrected chi connectivity index (χ1v) is 17.6. The first-order valence-electron chi connectivity index (χ1n) is 13.3. The summed E-state index contributed by atoms with van der Waals surface area (Å²) in [5.41, 5.74) is 0.845. The molecule has 0 aliphatic heterocycles. The molecule has 262 valence electrons. The van der Waals surface area contributed by atoms with Gasteiger partial charge < -0.3 is 15.7 Å². The van der Waals surface area contributed by atoms with Crippen LogP contribution in [0.1, 0.15) is 11.1 Å². The van der Waals surface area contributed by atoms with Crippen LogP contribution in [0, 0.1) is 6.92 Å². The van der Waals surface area contributed by atoms with Crippen molar-refractivity contribution in [1.82, 2.24) is 15.0 Å². The molecule has 0 aliphatic carbocycles. The normalized spacial score (nSPS) is 11.6. The SMILES string of the molecule is Cc1cc2cc(S(=O)(=O)O)cc(Nc3nc(Cl)nc(Nc4ccccc4COO)n3)c2c(O)c1N=Nc1ccccc1S(=O)(=O)O.O=S(=O)=O. The van der Waals surface area contributed by atoms with Gasteiger partial charge in [0.15, 0.2) is 5.75 Å². The molecule has 0 saturated heterocycles. The van der Waals surface area contributed by atoms with E-state index in [0.29, 0.717) is 11.3 Å². The first-order chi connectivity index (χ1) is 23.5. The second-order valence-electron chi connectivity index (χ2n) is 9.71. The third-order valence-corrected chi connectivity index (χ3v) is 8.29. The van der Waals surface area contributed by atoms with Crippen LogP contribution >= 0.6 is 11.6 Å². The van der Waals surface area contributed by atoms with Gasteiger partial charge in [-0.05, 0) is 65.9 Å². The number of azo groups is 1. The zero-order chi connectivity index (χ0) is 36.8. The summed E-state index contributed by atoms with van der Waals surface area (Å²) in [6, 6.07) is 15.6. The van der Waals surface area contributed by atoms with Gasteiger partial charge in [-0.15, -0.1) is 22.9 Å². The van der Waals surface area contributed by atoms with Crippen LogP contribution < -0.4 is 10.6 Å². The number of anilines is 4. The van der Waals surface area contributed by atoms with Crippen molar-refractivity contribution >= 4 is 87.9 Å². The van der Waals surface area contributed by atoms with Crippen molar-refractivity contribution < 1.29 is 53.8 Å². The van der Waals surface area contributed by atoms with Crippen LogP contribution in [0.4, 0.5) is 34.6 Å². The monoisotopic (exact) mass is 767 g/mol. The van der Waals surface area contributed by atoms with Crippen LogP contribution in [0.2, 0.25) is 5.28 Å². The lowest BCUT2D eigenvalue weighted by Crippen LogP contribution is -2.06. The molecule has 5 aromatic rings. The van der Waals surface area contributed by atoms with Crippen molar-refractivity contribution in [2.75, 3.05) is 10.6 Å². The molecule has 0 spiro atoms. The fourth-order valence-corrected chi connectivity index (χ4v) is 5.72. The molecule has 0 fully saturated rings. The second kappa shape index (κ2) is 15.6. The van der Waals surface area contributed by atoms with Crippen molar-refractivity contribution in [3.63, 3.8) is 0 Å². The van der Waals surface area contributed by atoms with Gasteiger partial charge in [0.05, 0.1) is 10.6 Å². The maximum Gasteiger partial charge on any atom is 0.425 e. The molecule has 0 aliphatic rings. The Morgan fingerprint density at radius 2 is 1.44 bits per heavy atom. The lowest BCUT2D eigenvalue weighted by Gasteiger charge is -2.15. The Morgan fingerprint density at radius 1 is 0.840 bits per heavy atom. The quantitative estimate of drug-likeness (QED) is 0.0467. The Labute approximate surface area is 288 Å². The third kappa shape index (κ3) is 9.48. The molecule has 1 heterocycles. The van der Waals surface area contributed by atoms with Crippen LogP contribution in [-0.2, 0) is 42.3 Å². The number of aryl methyl sites for hydroxylation is 1. The predicted molar refractivity (Wildman–Crippen MR) is 176 cm³/mol. The number of aromatic nitrogens is 3. The van der Waals surface area contributed by atoms with Gasteiger partial charge in [-0.2, -0.15) is 31.8 Å². The van der Waals surface area contributed by atoms with Crippen molar-refractivity contribution in [1.29, 1.82) is 0 Å². The fraction of sp³-hybridized carbons (Fsp3) is 0.0741. The van der Waals surface area contributed by atoms with E-state index in [-0.39, 0.29) is 57.2 Å². The molecule has 5 rings (SSSR count). The van der Waals surface area contributed by atoms with E-state index >= 15 is 0 Å². The van der Waals surface area contributed by atoms with Crippen molar-refractivity contribution in [2.24, 2.45) is 10.2 Å². The molecule has 0 bridgehead atoms. The van der Waals surface area contributed by atoms with Crippen LogP contribution in [0.15, 0.2) is 86.7 Å². The van der Waals surface area contributed by atoms with Crippen molar-refractivity contribution in [2.45, 2.75) is 23.3 Å². The van der Waals surface area contributed by atoms with E-state index in [1.807, 2.05) is 0 Å². The maximum atomic E-state index is 12.1. The van der Waals surface area contributed by atoms with E-state index in [1.165, 1.54) is 31.2 Å². The van der Waals surface area contributed by atoms with E-state index < -0.39 is 46.4 Å². The predicted octanol–water partition coefficient (Wildman–Crippen LogP) is 5.07. The molecule has 6 N–H and O–H groups in total. The molecule has 23 heteroatoms. The summed E-state index contributed by atoms with van der Waals surface area (Å²) in [6.07, 6.45) is 0. The summed E-state index contributed by atoms with van der Waals surface area (Å²) in [7, 11) is -12.5. The molecular formula is C27H22ClN7O12S3. The summed E-state index contributed by atoms with van der Waals surface area (Å²) in [6.45, 7) is 1.38. The summed E-state index contributed by atoms with van der Waals surface area (Å²) < 4.78 is 92.6. The molecule has 0 unspecified atom stereocenters. The van der Waals surface area contributed by atoms with Gasteiger partial charge in [0.25, 0.3) is 20.2 Å². The van der Waals surface area contributed by atoms with E-state index in [1.54, 1.807) is 24.3 Å². The highest BCUT2D eigenvalue weighted by Gasteiger charge is 2.21. The Hall–Kier alpha value is -5.20. The van der Waals surface area contributed by atoms with Gasteiger partial charge >= 0.3 is 10.6 Å². The van der Waals surface area contributed by atoms with Gasteiger partial charge in [0, 0.05) is 16.6 Å². The van der Waals surface area contributed by atoms with Gasteiger partial charge in [-0.3, -0.25) is 14.4 Å². The number of halogens is 1. The highest BCUT2D eigenvalue weighted by atomic mass is 35.5. The number of aromatic hydroxyl groups is 1. The minimum absolute atomic E-state index is 0.00787. The number of nitrogens with one attached hydrogen (secondary N) is 2.